The standard InChI is InChI=1S/C14H21N3O/c15-8-2-9-16-11-12-4-6-13(7-5-12)17-10-1-3-14(17)18/h4-7,16H,1-3,8-11,15H2. The zero-order valence-corrected chi connectivity index (χ0v) is 10.7. The Morgan fingerprint density at radius 3 is 2.67 bits per heavy atom. The van der Waals surface area contributed by atoms with Crippen LogP contribution in [-0.2, 0) is 11.3 Å². The summed E-state index contributed by atoms with van der Waals surface area (Å²) in [6.45, 7) is 3.38. The van der Waals surface area contributed by atoms with Gasteiger partial charge in [-0.05, 0) is 43.6 Å². The molecule has 1 amide bonds. The van der Waals surface area contributed by atoms with Crippen LogP contribution in [0.25, 0.3) is 0 Å². The molecule has 1 aliphatic heterocycles. The summed E-state index contributed by atoms with van der Waals surface area (Å²) in [7, 11) is 0. The van der Waals surface area contributed by atoms with Crippen LogP contribution in [0.3, 0.4) is 0 Å². The van der Waals surface area contributed by atoms with Crippen LogP contribution in [0.1, 0.15) is 24.8 Å². The Morgan fingerprint density at radius 1 is 1.28 bits per heavy atom. The summed E-state index contributed by atoms with van der Waals surface area (Å²) in [4.78, 5) is 13.5. The number of hydrogen-bond acceptors (Lipinski definition) is 3. The molecule has 3 N–H and O–H groups in total. The fourth-order valence-electron chi connectivity index (χ4n) is 2.17. The van der Waals surface area contributed by atoms with E-state index >= 15 is 0 Å². The van der Waals surface area contributed by atoms with Crippen LogP contribution in [-0.4, -0.2) is 25.5 Å². The van der Waals surface area contributed by atoms with Gasteiger partial charge in [0.1, 0.15) is 0 Å². The molecule has 4 nitrogen and oxygen atoms in total. The topological polar surface area (TPSA) is 58.4 Å². The number of carbonyl (C=O) groups is 1. The molecule has 0 bridgehead atoms. The predicted octanol–water partition coefficient (Wildman–Crippen LogP) is 1.25. The summed E-state index contributed by atoms with van der Waals surface area (Å²) in [6.07, 6.45) is 2.66. The first-order valence-corrected chi connectivity index (χ1v) is 6.61. The number of nitrogens with two attached hydrogens (primary N) is 1. The van der Waals surface area contributed by atoms with Crippen LogP contribution in [0.15, 0.2) is 24.3 Å². The van der Waals surface area contributed by atoms with Gasteiger partial charge in [0, 0.05) is 25.2 Å². The summed E-state index contributed by atoms with van der Waals surface area (Å²) in [5.41, 5.74) is 7.69. The van der Waals surface area contributed by atoms with E-state index in [2.05, 4.69) is 17.4 Å². The van der Waals surface area contributed by atoms with Crippen LogP contribution >= 0.6 is 0 Å². The molecule has 0 aliphatic carbocycles. The van der Waals surface area contributed by atoms with Crippen LogP contribution in [0.4, 0.5) is 5.69 Å². The minimum atomic E-state index is 0.240. The van der Waals surface area contributed by atoms with Gasteiger partial charge in [-0.3, -0.25) is 4.79 Å². The van der Waals surface area contributed by atoms with Crippen LogP contribution < -0.4 is 16.0 Å². The van der Waals surface area contributed by atoms with Crippen molar-refractivity contribution in [3.63, 3.8) is 0 Å². The van der Waals surface area contributed by atoms with E-state index in [1.54, 1.807) is 0 Å². The molecule has 0 radical (unpaired) electrons. The Kier molecular flexibility index (Phi) is 4.73. The fourth-order valence-corrected chi connectivity index (χ4v) is 2.17. The van der Waals surface area contributed by atoms with E-state index < -0.39 is 0 Å². The van der Waals surface area contributed by atoms with E-state index in [4.69, 9.17) is 5.73 Å². The molecule has 1 aliphatic rings. The first-order valence-electron chi connectivity index (χ1n) is 6.61. The maximum atomic E-state index is 11.6. The molecular weight excluding hydrogens is 226 g/mol. The van der Waals surface area contributed by atoms with Crippen molar-refractivity contribution in [3.8, 4) is 0 Å². The lowest BCUT2D eigenvalue weighted by Crippen LogP contribution is -2.23. The molecule has 4 heteroatoms. The zero-order valence-electron chi connectivity index (χ0n) is 10.7. The quantitative estimate of drug-likeness (QED) is 0.744. The molecule has 1 heterocycles. The van der Waals surface area contributed by atoms with Crippen molar-refractivity contribution in [2.24, 2.45) is 5.73 Å². The maximum Gasteiger partial charge on any atom is 0.227 e. The molecule has 1 fully saturated rings. The zero-order chi connectivity index (χ0) is 12.8. The molecule has 0 atom stereocenters. The predicted molar refractivity (Wildman–Crippen MR) is 73.4 cm³/mol. The highest BCUT2D eigenvalue weighted by molar-refractivity contribution is 5.95. The van der Waals surface area contributed by atoms with Crippen molar-refractivity contribution in [1.29, 1.82) is 0 Å². The summed E-state index contributed by atoms with van der Waals surface area (Å²) >= 11 is 0. The number of nitrogens with one attached hydrogen (secondary N) is 1. The Bertz CT molecular complexity index is 389. The van der Waals surface area contributed by atoms with Crippen LogP contribution in [0.5, 0.6) is 0 Å². The molecule has 1 aromatic rings. The molecule has 2 rings (SSSR count). The molecule has 0 unspecified atom stereocenters. The van der Waals surface area contributed by atoms with Gasteiger partial charge in [-0.2, -0.15) is 0 Å². The second-order valence-corrected chi connectivity index (χ2v) is 4.63. The molecule has 18 heavy (non-hydrogen) atoms. The van der Waals surface area contributed by atoms with Gasteiger partial charge >= 0.3 is 0 Å². The summed E-state index contributed by atoms with van der Waals surface area (Å²) in [5.74, 6) is 0.240. The van der Waals surface area contributed by atoms with E-state index in [-0.39, 0.29) is 5.91 Å². The highest BCUT2D eigenvalue weighted by Gasteiger charge is 2.21. The first-order chi connectivity index (χ1) is 8.81. The SMILES string of the molecule is NCCCNCc1ccc(N2CCCC2=O)cc1. The molecule has 0 spiro atoms. The van der Waals surface area contributed by atoms with Gasteiger partial charge < -0.3 is 16.0 Å². The third-order valence-electron chi connectivity index (χ3n) is 3.21. The summed E-state index contributed by atoms with van der Waals surface area (Å²) in [6, 6.07) is 8.22. The van der Waals surface area contributed by atoms with E-state index in [1.807, 2.05) is 17.0 Å². The molecule has 1 saturated heterocycles. The largest absolute Gasteiger partial charge is 0.330 e. The Morgan fingerprint density at radius 2 is 2.06 bits per heavy atom. The second kappa shape index (κ2) is 6.52. The number of carbonyl (C=O) groups excluding carboxylic acids is 1. The summed E-state index contributed by atoms with van der Waals surface area (Å²) < 4.78 is 0. The minimum Gasteiger partial charge on any atom is -0.330 e. The number of nitrogens with zero attached hydrogens (tertiary/aromatic N) is 1. The van der Waals surface area contributed by atoms with E-state index in [0.717, 1.165) is 44.7 Å². The minimum absolute atomic E-state index is 0.240. The fraction of sp³-hybridized carbons (Fsp3) is 0.500. The van der Waals surface area contributed by atoms with Crippen molar-refractivity contribution in [2.45, 2.75) is 25.8 Å². The van der Waals surface area contributed by atoms with Gasteiger partial charge in [0.05, 0.1) is 0 Å². The molecule has 0 saturated carbocycles. The van der Waals surface area contributed by atoms with Crippen LogP contribution in [0, 0.1) is 0 Å². The van der Waals surface area contributed by atoms with Gasteiger partial charge in [0.25, 0.3) is 0 Å². The maximum absolute atomic E-state index is 11.6. The number of benzene rings is 1. The molecular formula is C14H21N3O. The van der Waals surface area contributed by atoms with Crippen molar-refractivity contribution in [1.82, 2.24) is 5.32 Å². The third kappa shape index (κ3) is 3.31. The number of anilines is 1. The number of hydrogen-bond donors (Lipinski definition) is 2. The van der Waals surface area contributed by atoms with Crippen molar-refractivity contribution >= 4 is 11.6 Å². The van der Waals surface area contributed by atoms with Crippen molar-refractivity contribution in [3.05, 3.63) is 29.8 Å². The lowest BCUT2D eigenvalue weighted by atomic mass is 10.2. The van der Waals surface area contributed by atoms with Crippen LogP contribution in [0.2, 0.25) is 0 Å². The average molecular weight is 247 g/mol. The Hall–Kier alpha value is -1.39. The van der Waals surface area contributed by atoms with Crippen molar-refractivity contribution < 1.29 is 4.79 Å². The van der Waals surface area contributed by atoms with Gasteiger partial charge in [0.15, 0.2) is 0 Å². The number of rotatable bonds is 6. The van der Waals surface area contributed by atoms with E-state index in [1.165, 1.54) is 5.56 Å². The third-order valence-corrected chi connectivity index (χ3v) is 3.21. The van der Waals surface area contributed by atoms with Gasteiger partial charge in [-0.15, -0.1) is 0 Å². The van der Waals surface area contributed by atoms with E-state index in [9.17, 15) is 4.79 Å². The van der Waals surface area contributed by atoms with Crippen molar-refractivity contribution in [2.75, 3.05) is 24.5 Å². The van der Waals surface area contributed by atoms with Gasteiger partial charge in [-0.25, -0.2) is 0 Å². The highest BCUT2D eigenvalue weighted by Crippen LogP contribution is 2.21. The smallest absolute Gasteiger partial charge is 0.227 e. The first kappa shape index (κ1) is 13.1. The summed E-state index contributed by atoms with van der Waals surface area (Å²) in [5, 5.41) is 3.34. The lowest BCUT2D eigenvalue weighted by Gasteiger charge is -2.16. The monoisotopic (exact) mass is 247 g/mol. The normalized spacial score (nSPS) is 15.4. The van der Waals surface area contributed by atoms with Gasteiger partial charge in [0.2, 0.25) is 5.91 Å². The Labute approximate surface area is 108 Å². The Balaban J connectivity index is 1.87. The van der Waals surface area contributed by atoms with Gasteiger partial charge in [-0.1, -0.05) is 12.1 Å². The lowest BCUT2D eigenvalue weighted by molar-refractivity contribution is -0.117. The molecule has 0 aromatic heterocycles. The number of amides is 1. The highest BCUT2D eigenvalue weighted by atomic mass is 16.2. The molecule has 98 valence electrons. The molecule has 1 aromatic carbocycles. The van der Waals surface area contributed by atoms with E-state index in [0.29, 0.717) is 6.42 Å². The average Bonchev–Trinajstić information content (AvgIpc) is 2.82. The second-order valence-electron chi connectivity index (χ2n) is 4.63.